The Morgan fingerprint density at radius 2 is 1.80 bits per heavy atom. The van der Waals surface area contributed by atoms with Crippen LogP contribution in [0.5, 0.6) is 0 Å². The Hall–Kier alpha value is -1.13. The molecule has 0 aliphatic heterocycles. The molecular formula is C11H17NO2Si. The van der Waals surface area contributed by atoms with E-state index in [2.05, 4.69) is 0 Å². The van der Waals surface area contributed by atoms with Gasteiger partial charge in [0.1, 0.15) is 6.04 Å². The van der Waals surface area contributed by atoms with Gasteiger partial charge in [-0.2, -0.15) is 0 Å². The van der Waals surface area contributed by atoms with E-state index in [0.29, 0.717) is 0 Å². The van der Waals surface area contributed by atoms with E-state index in [1.165, 1.54) is 0 Å². The fourth-order valence-corrected chi connectivity index (χ4v) is 1.89. The second-order valence-electron chi connectivity index (χ2n) is 4.42. The highest BCUT2D eigenvalue weighted by Crippen LogP contribution is 2.14. The van der Waals surface area contributed by atoms with Crippen LogP contribution in [0, 0.1) is 0 Å². The molecule has 0 spiro atoms. The van der Waals surface area contributed by atoms with Crippen LogP contribution in [0.3, 0.4) is 0 Å². The SMILES string of the molecule is C[Si](C)(C)OC(=O)C(N)c1ccccc1. The fraction of sp³-hybridized carbons (Fsp3) is 0.364. The zero-order valence-electron chi connectivity index (χ0n) is 9.36. The summed E-state index contributed by atoms with van der Waals surface area (Å²) in [5, 5.41) is 0. The minimum Gasteiger partial charge on any atom is -0.519 e. The fourth-order valence-electron chi connectivity index (χ4n) is 1.16. The smallest absolute Gasteiger partial charge is 0.314 e. The van der Waals surface area contributed by atoms with Gasteiger partial charge in [0, 0.05) is 0 Å². The lowest BCUT2D eigenvalue weighted by atomic mass is 10.1. The van der Waals surface area contributed by atoms with Gasteiger partial charge in [0.15, 0.2) is 0 Å². The average molecular weight is 223 g/mol. The van der Waals surface area contributed by atoms with Crippen LogP contribution in [-0.4, -0.2) is 14.3 Å². The van der Waals surface area contributed by atoms with Crippen LogP contribution in [0.25, 0.3) is 0 Å². The summed E-state index contributed by atoms with van der Waals surface area (Å²) in [5.41, 5.74) is 6.59. The molecule has 0 amide bonds. The van der Waals surface area contributed by atoms with Crippen molar-refractivity contribution in [2.75, 3.05) is 0 Å². The van der Waals surface area contributed by atoms with E-state index in [1.54, 1.807) is 0 Å². The summed E-state index contributed by atoms with van der Waals surface area (Å²) in [6.45, 7) is 5.88. The predicted molar refractivity (Wildman–Crippen MR) is 62.8 cm³/mol. The molecule has 1 atom stereocenters. The minimum absolute atomic E-state index is 0.333. The van der Waals surface area contributed by atoms with Gasteiger partial charge in [-0.15, -0.1) is 0 Å². The van der Waals surface area contributed by atoms with Crippen LogP contribution >= 0.6 is 0 Å². The lowest BCUT2D eigenvalue weighted by molar-refractivity contribution is -0.136. The Bertz CT molecular complexity index is 332. The van der Waals surface area contributed by atoms with E-state index >= 15 is 0 Å². The van der Waals surface area contributed by atoms with E-state index in [0.717, 1.165) is 5.56 Å². The van der Waals surface area contributed by atoms with Gasteiger partial charge in [-0.3, -0.25) is 4.79 Å². The van der Waals surface area contributed by atoms with E-state index in [9.17, 15) is 4.79 Å². The lowest BCUT2D eigenvalue weighted by Gasteiger charge is -2.20. The number of benzene rings is 1. The normalized spacial score (nSPS) is 13.3. The summed E-state index contributed by atoms with van der Waals surface area (Å²) in [4.78, 5) is 11.6. The van der Waals surface area contributed by atoms with E-state index in [1.807, 2.05) is 50.0 Å². The van der Waals surface area contributed by atoms with Crippen LogP contribution in [0.2, 0.25) is 19.6 Å². The molecule has 0 fully saturated rings. The second kappa shape index (κ2) is 4.59. The highest BCUT2D eigenvalue weighted by molar-refractivity contribution is 6.71. The Balaban J connectivity index is 2.70. The van der Waals surface area contributed by atoms with Crippen molar-refractivity contribution in [1.29, 1.82) is 0 Å². The van der Waals surface area contributed by atoms with Crippen LogP contribution in [0.1, 0.15) is 11.6 Å². The molecule has 1 unspecified atom stereocenters. The molecule has 1 rings (SSSR count). The molecule has 0 saturated carbocycles. The lowest BCUT2D eigenvalue weighted by Crippen LogP contribution is -2.34. The molecule has 2 N–H and O–H groups in total. The van der Waals surface area contributed by atoms with Crippen molar-refractivity contribution < 1.29 is 9.22 Å². The largest absolute Gasteiger partial charge is 0.519 e. The molecule has 0 radical (unpaired) electrons. The summed E-state index contributed by atoms with van der Waals surface area (Å²) in [5.74, 6) is -0.333. The highest BCUT2D eigenvalue weighted by atomic mass is 28.4. The summed E-state index contributed by atoms with van der Waals surface area (Å²) >= 11 is 0. The third-order valence-electron chi connectivity index (χ3n) is 1.82. The van der Waals surface area contributed by atoms with Crippen molar-refractivity contribution in [1.82, 2.24) is 0 Å². The first-order valence-corrected chi connectivity index (χ1v) is 8.34. The van der Waals surface area contributed by atoms with Crippen molar-refractivity contribution in [2.45, 2.75) is 25.7 Å². The van der Waals surface area contributed by atoms with Gasteiger partial charge in [-0.25, -0.2) is 0 Å². The first-order chi connectivity index (χ1) is 6.90. The van der Waals surface area contributed by atoms with Crippen molar-refractivity contribution in [3.05, 3.63) is 35.9 Å². The number of carbonyl (C=O) groups is 1. The highest BCUT2D eigenvalue weighted by Gasteiger charge is 2.24. The van der Waals surface area contributed by atoms with Crippen LogP contribution in [0.4, 0.5) is 0 Å². The Kier molecular flexibility index (Phi) is 3.65. The third-order valence-corrected chi connectivity index (χ3v) is 2.63. The Morgan fingerprint density at radius 1 is 1.27 bits per heavy atom. The van der Waals surface area contributed by atoms with Crippen LogP contribution in [0.15, 0.2) is 30.3 Å². The molecule has 0 saturated heterocycles. The van der Waals surface area contributed by atoms with Gasteiger partial charge >= 0.3 is 5.97 Å². The maximum atomic E-state index is 11.6. The molecule has 1 aromatic carbocycles. The number of hydrogen-bond acceptors (Lipinski definition) is 3. The molecular weight excluding hydrogens is 206 g/mol. The van der Waals surface area contributed by atoms with Gasteiger partial charge in [-0.05, 0) is 25.2 Å². The molecule has 3 nitrogen and oxygen atoms in total. The van der Waals surface area contributed by atoms with Crippen LogP contribution < -0.4 is 5.73 Å². The molecule has 0 aliphatic carbocycles. The summed E-state index contributed by atoms with van der Waals surface area (Å²) in [7, 11) is -1.85. The molecule has 0 bridgehead atoms. The minimum atomic E-state index is -1.85. The van der Waals surface area contributed by atoms with Gasteiger partial charge in [0.05, 0.1) is 0 Å². The molecule has 1 aromatic rings. The zero-order chi connectivity index (χ0) is 11.5. The first-order valence-electron chi connectivity index (χ1n) is 4.93. The standard InChI is InChI=1S/C11H17NO2Si/c1-15(2,3)14-11(13)10(12)9-7-5-4-6-8-9/h4-8,10H,12H2,1-3H3. The molecule has 0 heterocycles. The molecule has 0 aromatic heterocycles. The van der Waals surface area contributed by atoms with Crippen molar-refractivity contribution in [2.24, 2.45) is 5.73 Å². The summed E-state index contributed by atoms with van der Waals surface area (Å²) in [6.07, 6.45) is 0. The molecule has 15 heavy (non-hydrogen) atoms. The Morgan fingerprint density at radius 3 is 2.27 bits per heavy atom. The monoisotopic (exact) mass is 223 g/mol. The second-order valence-corrected chi connectivity index (χ2v) is 8.85. The van der Waals surface area contributed by atoms with Gasteiger partial charge in [0.2, 0.25) is 8.32 Å². The van der Waals surface area contributed by atoms with E-state index in [4.69, 9.17) is 10.2 Å². The quantitative estimate of drug-likeness (QED) is 0.798. The molecule has 0 aliphatic rings. The third kappa shape index (κ3) is 3.85. The number of carbonyl (C=O) groups excluding carboxylic acids is 1. The van der Waals surface area contributed by atoms with Gasteiger partial charge in [-0.1, -0.05) is 30.3 Å². The topological polar surface area (TPSA) is 52.3 Å². The Labute approximate surface area is 91.4 Å². The maximum Gasteiger partial charge on any atom is 0.314 e. The number of nitrogens with two attached hydrogens (primary N) is 1. The first kappa shape index (κ1) is 11.9. The van der Waals surface area contributed by atoms with Crippen molar-refractivity contribution in [3.8, 4) is 0 Å². The molecule has 4 heteroatoms. The number of rotatable bonds is 3. The average Bonchev–Trinajstić information content (AvgIpc) is 2.15. The van der Waals surface area contributed by atoms with E-state index < -0.39 is 14.4 Å². The van der Waals surface area contributed by atoms with Crippen molar-refractivity contribution >= 4 is 14.3 Å². The van der Waals surface area contributed by atoms with Crippen LogP contribution in [-0.2, 0) is 9.22 Å². The van der Waals surface area contributed by atoms with E-state index in [-0.39, 0.29) is 5.97 Å². The van der Waals surface area contributed by atoms with Gasteiger partial charge < -0.3 is 10.2 Å². The van der Waals surface area contributed by atoms with Crippen molar-refractivity contribution in [3.63, 3.8) is 0 Å². The maximum absolute atomic E-state index is 11.6. The molecule has 82 valence electrons. The number of hydrogen-bond donors (Lipinski definition) is 1. The summed E-state index contributed by atoms with van der Waals surface area (Å²) in [6, 6.07) is 8.60. The predicted octanol–water partition coefficient (Wildman–Crippen LogP) is 2.06. The zero-order valence-corrected chi connectivity index (χ0v) is 10.4. The summed E-state index contributed by atoms with van der Waals surface area (Å²) < 4.78 is 5.33. The van der Waals surface area contributed by atoms with Gasteiger partial charge in [0.25, 0.3) is 0 Å².